The number of aliphatic hydroxyl groups is 2. The zero-order valence-corrected chi connectivity index (χ0v) is 22.1. The van der Waals surface area contributed by atoms with E-state index in [1.807, 2.05) is 0 Å². The van der Waals surface area contributed by atoms with Gasteiger partial charge in [0.05, 0.1) is 48.4 Å². The Morgan fingerprint density at radius 1 is 0.625 bits per heavy atom. The number of benzene rings is 3. The van der Waals surface area contributed by atoms with Gasteiger partial charge < -0.3 is 39.4 Å². The van der Waals surface area contributed by atoms with Crippen LogP contribution in [0.15, 0.2) is 0 Å². The highest BCUT2D eigenvalue weighted by Gasteiger charge is 2.59. The molecule has 40 heavy (non-hydrogen) atoms. The van der Waals surface area contributed by atoms with Gasteiger partial charge in [0.2, 0.25) is 11.6 Å². The first-order valence-electron chi connectivity index (χ1n) is 13.7. The standard InChI is InChI=1S/C30H26O10/c1-7-13-21-19-17-15(25(13)33)11(31)5-30(36)24(17)20-18-16(26(34)14-8(2)38-10(4)28(40-30)22(14)20)12(32)6-29(35,23(18)19)39-27(21)9(3)37-7/h7-10,27-28,33-36H,5-6H2,1-4H3/t7-,8-,9-,10-,27-,28+,29+,30+/m0/s1. The average molecular weight is 547 g/mol. The number of rotatable bonds is 0. The second kappa shape index (κ2) is 6.67. The molecule has 0 amide bonds. The molecule has 0 spiro atoms. The molecule has 4 aliphatic heterocycles. The number of ether oxygens (including phenoxy) is 4. The van der Waals surface area contributed by atoms with Gasteiger partial charge in [0, 0.05) is 44.2 Å². The van der Waals surface area contributed by atoms with Crippen LogP contribution in [0.2, 0.25) is 0 Å². The summed E-state index contributed by atoms with van der Waals surface area (Å²) in [7, 11) is 0. The van der Waals surface area contributed by atoms with Crippen LogP contribution in [0.25, 0.3) is 21.5 Å². The van der Waals surface area contributed by atoms with Gasteiger partial charge in [-0.2, -0.15) is 0 Å². The van der Waals surface area contributed by atoms with Gasteiger partial charge in [0.25, 0.3) is 0 Å². The normalized spacial score (nSPS) is 38.1. The predicted octanol–water partition coefficient (Wildman–Crippen LogP) is 3.97. The van der Waals surface area contributed by atoms with E-state index in [0.29, 0.717) is 33.0 Å². The first-order chi connectivity index (χ1) is 18.9. The quantitative estimate of drug-likeness (QED) is 0.305. The van der Waals surface area contributed by atoms with Crippen LogP contribution in [0.3, 0.4) is 0 Å². The molecule has 0 bridgehead atoms. The van der Waals surface area contributed by atoms with Crippen molar-refractivity contribution in [3.63, 3.8) is 0 Å². The van der Waals surface area contributed by atoms with E-state index in [1.54, 1.807) is 27.7 Å². The van der Waals surface area contributed by atoms with E-state index in [4.69, 9.17) is 18.9 Å². The summed E-state index contributed by atoms with van der Waals surface area (Å²) >= 11 is 0. The van der Waals surface area contributed by atoms with Crippen LogP contribution in [-0.2, 0) is 30.5 Å². The van der Waals surface area contributed by atoms with Crippen LogP contribution in [0.4, 0.5) is 0 Å². The SMILES string of the molecule is C[C@@H]1O[C@@H](C)[C@@H]2O[C@]3(O)CC(=O)c4c(O)c5c6c7c8c9c(c(O)c1c2c9c3c47)C(=O)C[C@@]8(O)O[C@@H]6[C@H](C)O[C@H]5C. The second-order valence-electron chi connectivity index (χ2n) is 12.2. The zero-order chi connectivity index (χ0) is 27.9. The number of ketones is 2. The van der Waals surface area contributed by atoms with Crippen molar-refractivity contribution in [2.24, 2.45) is 0 Å². The molecule has 3 aromatic carbocycles. The molecule has 0 saturated carbocycles. The van der Waals surface area contributed by atoms with Crippen LogP contribution in [-0.4, -0.2) is 44.2 Å². The Bertz CT molecular complexity index is 1710. The summed E-state index contributed by atoms with van der Waals surface area (Å²) < 4.78 is 24.8. The summed E-state index contributed by atoms with van der Waals surface area (Å²) in [5.41, 5.74) is 2.40. The molecule has 0 aromatic heterocycles. The lowest BCUT2D eigenvalue weighted by Crippen LogP contribution is -2.48. The molecule has 0 fully saturated rings. The van der Waals surface area contributed by atoms with Crippen molar-refractivity contribution in [2.45, 2.75) is 88.7 Å². The molecular weight excluding hydrogens is 520 g/mol. The number of hydrogen-bond acceptors (Lipinski definition) is 10. The van der Waals surface area contributed by atoms with Gasteiger partial charge in [-0.05, 0) is 38.5 Å². The minimum atomic E-state index is -2.10. The number of carbonyl (C=O) groups is 2. The van der Waals surface area contributed by atoms with E-state index in [2.05, 4.69) is 0 Å². The minimum Gasteiger partial charge on any atom is -0.507 e. The maximum atomic E-state index is 13.8. The highest BCUT2D eigenvalue weighted by Crippen LogP contribution is 2.66. The molecule has 2 aliphatic carbocycles. The van der Waals surface area contributed by atoms with Crippen molar-refractivity contribution in [2.75, 3.05) is 0 Å². The van der Waals surface area contributed by atoms with Crippen LogP contribution in [0.1, 0.15) is 119 Å². The maximum Gasteiger partial charge on any atom is 0.201 e. The summed E-state index contributed by atoms with van der Waals surface area (Å²) in [5, 5.41) is 49.1. The molecule has 3 aromatic rings. The second-order valence-corrected chi connectivity index (χ2v) is 12.2. The Kier molecular flexibility index (Phi) is 3.93. The number of phenols is 2. The maximum absolute atomic E-state index is 13.8. The van der Waals surface area contributed by atoms with E-state index >= 15 is 0 Å². The van der Waals surface area contributed by atoms with Gasteiger partial charge in [0.15, 0.2) is 11.6 Å². The van der Waals surface area contributed by atoms with Crippen molar-refractivity contribution in [3.05, 3.63) is 44.5 Å². The first kappa shape index (κ1) is 23.6. The third-order valence-corrected chi connectivity index (χ3v) is 9.96. The van der Waals surface area contributed by atoms with Gasteiger partial charge in [-0.1, -0.05) is 0 Å². The van der Waals surface area contributed by atoms with Crippen molar-refractivity contribution < 1.29 is 49.0 Å². The van der Waals surface area contributed by atoms with Gasteiger partial charge in [-0.25, -0.2) is 0 Å². The Balaban J connectivity index is 1.66. The summed E-state index contributed by atoms with van der Waals surface area (Å²) in [5.74, 6) is -5.73. The molecule has 8 atom stereocenters. The van der Waals surface area contributed by atoms with Gasteiger partial charge in [-0.3, -0.25) is 9.59 Å². The molecule has 4 N–H and O–H groups in total. The third kappa shape index (κ3) is 2.27. The first-order valence-corrected chi connectivity index (χ1v) is 13.7. The van der Waals surface area contributed by atoms with Crippen molar-refractivity contribution >= 4 is 33.1 Å². The highest BCUT2D eigenvalue weighted by molar-refractivity contribution is 6.26. The molecule has 9 rings (SSSR count). The number of hydrogen-bond donors (Lipinski definition) is 4. The molecule has 206 valence electrons. The van der Waals surface area contributed by atoms with Gasteiger partial charge in [-0.15, -0.1) is 0 Å². The van der Waals surface area contributed by atoms with Gasteiger partial charge in [0.1, 0.15) is 23.7 Å². The predicted molar refractivity (Wildman–Crippen MR) is 136 cm³/mol. The average Bonchev–Trinajstić information content (AvgIpc) is 2.85. The largest absolute Gasteiger partial charge is 0.507 e. The molecule has 4 heterocycles. The third-order valence-electron chi connectivity index (χ3n) is 9.96. The van der Waals surface area contributed by atoms with E-state index in [1.165, 1.54) is 0 Å². The van der Waals surface area contributed by atoms with Crippen LogP contribution < -0.4 is 0 Å². The summed E-state index contributed by atoms with van der Waals surface area (Å²) in [6.45, 7) is 7.10. The zero-order valence-electron chi connectivity index (χ0n) is 22.1. The molecule has 6 aliphatic rings. The number of Topliss-reactive ketones (excluding diaryl/α,β-unsaturated/α-hetero) is 2. The van der Waals surface area contributed by atoms with Crippen molar-refractivity contribution in [1.29, 1.82) is 0 Å². The monoisotopic (exact) mass is 546 g/mol. The number of carbonyl (C=O) groups excluding carboxylic acids is 2. The minimum absolute atomic E-state index is 0.0232. The van der Waals surface area contributed by atoms with Crippen LogP contribution in [0.5, 0.6) is 11.5 Å². The smallest absolute Gasteiger partial charge is 0.201 e. The molecule has 10 nitrogen and oxygen atoms in total. The van der Waals surface area contributed by atoms with E-state index in [9.17, 15) is 30.0 Å². The Hall–Kier alpha value is -3.12. The summed E-state index contributed by atoms with van der Waals surface area (Å²) in [6.07, 6.45) is -5.02. The van der Waals surface area contributed by atoms with E-state index in [0.717, 1.165) is 0 Å². The lowest BCUT2D eigenvalue weighted by Gasteiger charge is -2.52. The Morgan fingerprint density at radius 3 is 1.38 bits per heavy atom. The number of phenolic OH excluding ortho intramolecular Hbond substituents is 2. The van der Waals surface area contributed by atoms with E-state index < -0.39 is 72.6 Å². The van der Waals surface area contributed by atoms with Gasteiger partial charge >= 0.3 is 0 Å². The number of aromatic hydroxyl groups is 2. The fourth-order valence-corrected chi connectivity index (χ4v) is 8.67. The van der Waals surface area contributed by atoms with E-state index in [-0.39, 0.29) is 44.5 Å². The molecule has 0 radical (unpaired) electrons. The lowest BCUT2D eigenvalue weighted by atomic mass is 9.66. The Morgan fingerprint density at radius 2 is 1.00 bits per heavy atom. The van der Waals surface area contributed by atoms with Crippen LogP contribution >= 0.6 is 0 Å². The lowest BCUT2D eigenvalue weighted by molar-refractivity contribution is -0.271. The summed E-state index contributed by atoms with van der Waals surface area (Å²) in [4.78, 5) is 27.6. The highest BCUT2D eigenvalue weighted by atomic mass is 16.7. The van der Waals surface area contributed by atoms with Crippen molar-refractivity contribution in [1.82, 2.24) is 0 Å². The molecule has 0 unspecified atom stereocenters. The Labute approximate surface area is 227 Å². The van der Waals surface area contributed by atoms with Crippen LogP contribution in [0, 0.1) is 0 Å². The molecular formula is C30H26O10. The fourth-order valence-electron chi connectivity index (χ4n) is 8.67. The van der Waals surface area contributed by atoms with Crippen molar-refractivity contribution in [3.8, 4) is 11.5 Å². The fraction of sp³-hybridized carbons (Fsp3) is 0.467. The topological polar surface area (TPSA) is 152 Å². The summed E-state index contributed by atoms with van der Waals surface area (Å²) in [6, 6.07) is 0. The molecule has 0 saturated heterocycles. The molecule has 10 heteroatoms.